The van der Waals surface area contributed by atoms with Crippen molar-refractivity contribution in [2.75, 3.05) is 24.7 Å². The Labute approximate surface area is 179 Å². The number of nitrogens with zero attached hydrogens (tertiary/aromatic N) is 5. The standard InChI is InChI=1S/C20H22N6O4S/c1-3-4-18(27)30-25-10-9-14(12-25)24-19-17-11-23-26(20(17)22-13-21-19)15-5-7-16(8-6-15)31(2,28)29/h3,5-8,11,13-14H,1,4,9-10,12H2,2H3,(H,21,22,24). The van der Waals surface area contributed by atoms with Gasteiger partial charge in [0.15, 0.2) is 15.5 Å². The van der Waals surface area contributed by atoms with Gasteiger partial charge in [-0.3, -0.25) is 4.79 Å². The molecule has 1 fully saturated rings. The number of benzene rings is 1. The van der Waals surface area contributed by atoms with Crippen LogP contribution in [0.4, 0.5) is 5.82 Å². The summed E-state index contributed by atoms with van der Waals surface area (Å²) in [6, 6.07) is 6.50. The molecule has 3 heterocycles. The van der Waals surface area contributed by atoms with Gasteiger partial charge in [-0.2, -0.15) is 5.10 Å². The monoisotopic (exact) mass is 442 g/mol. The molecule has 31 heavy (non-hydrogen) atoms. The second-order valence-corrected chi connectivity index (χ2v) is 9.27. The predicted octanol–water partition coefficient (Wildman–Crippen LogP) is 1.74. The second kappa shape index (κ2) is 8.44. The molecule has 11 heteroatoms. The zero-order valence-electron chi connectivity index (χ0n) is 16.9. The Balaban J connectivity index is 1.52. The van der Waals surface area contributed by atoms with Gasteiger partial charge < -0.3 is 10.2 Å². The van der Waals surface area contributed by atoms with Crippen LogP contribution in [0.1, 0.15) is 12.8 Å². The van der Waals surface area contributed by atoms with E-state index in [9.17, 15) is 13.2 Å². The van der Waals surface area contributed by atoms with Gasteiger partial charge in [0.25, 0.3) is 0 Å². The van der Waals surface area contributed by atoms with Gasteiger partial charge in [-0.1, -0.05) is 6.08 Å². The van der Waals surface area contributed by atoms with Gasteiger partial charge in [0, 0.05) is 18.8 Å². The van der Waals surface area contributed by atoms with Crippen LogP contribution in [0.2, 0.25) is 0 Å². The average molecular weight is 443 g/mol. The fourth-order valence-corrected chi connectivity index (χ4v) is 4.03. The van der Waals surface area contributed by atoms with Crippen molar-refractivity contribution >= 4 is 32.7 Å². The lowest BCUT2D eigenvalue weighted by Gasteiger charge is -2.16. The molecule has 0 bridgehead atoms. The summed E-state index contributed by atoms with van der Waals surface area (Å²) in [6.07, 6.45) is 6.75. The Morgan fingerprint density at radius 2 is 2.10 bits per heavy atom. The molecule has 3 aromatic rings. The van der Waals surface area contributed by atoms with E-state index < -0.39 is 9.84 Å². The van der Waals surface area contributed by atoms with Crippen LogP contribution in [0.25, 0.3) is 16.7 Å². The number of carbonyl (C=O) groups excluding carboxylic acids is 1. The van der Waals surface area contributed by atoms with Crippen LogP contribution in [-0.4, -0.2) is 64.6 Å². The maximum Gasteiger partial charge on any atom is 0.328 e. The molecule has 4 rings (SSSR count). The Kier molecular flexibility index (Phi) is 5.70. The van der Waals surface area contributed by atoms with Crippen molar-refractivity contribution in [2.24, 2.45) is 0 Å². The lowest BCUT2D eigenvalue weighted by atomic mass is 10.2. The average Bonchev–Trinajstić information content (AvgIpc) is 3.35. The summed E-state index contributed by atoms with van der Waals surface area (Å²) in [5, 5.41) is 10.1. The number of rotatable bonds is 7. The molecule has 1 unspecified atom stereocenters. The van der Waals surface area contributed by atoms with Crippen molar-refractivity contribution in [1.29, 1.82) is 0 Å². The van der Waals surface area contributed by atoms with Crippen molar-refractivity contribution < 1.29 is 18.0 Å². The van der Waals surface area contributed by atoms with Crippen molar-refractivity contribution in [1.82, 2.24) is 24.8 Å². The molecule has 0 radical (unpaired) electrons. The van der Waals surface area contributed by atoms with Crippen LogP contribution < -0.4 is 5.32 Å². The number of hydrogen-bond acceptors (Lipinski definition) is 9. The lowest BCUT2D eigenvalue weighted by molar-refractivity contribution is -0.184. The largest absolute Gasteiger partial charge is 0.368 e. The third-order valence-corrected chi connectivity index (χ3v) is 6.04. The first-order valence-electron chi connectivity index (χ1n) is 9.67. The summed E-state index contributed by atoms with van der Waals surface area (Å²) < 4.78 is 25.0. The van der Waals surface area contributed by atoms with Crippen LogP contribution in [0.15, 0.2) is 54.3 Å². The molecule has 2 aromatic heterocycles. The highest BCUT2D eigenvalue weighted by atomic mass is 32.2. The minimum atomic E-state index is -3.27. The minimum Gasteiger partial charge on any atom is -0.368 e. The molecule has 0 amide bonds. The molecule has 1 aliphatic rings. The highest BCUT2D eigenvalue weighted by Crippen LogP contribution is 2.24. The highest BCUT2D eigenvalue weighted by Gasteiger charge is 2.26. The van der Waals surface area contributed by atoms with E-state index in [1.54, 1.807) is 40.2 Å². The van der Waals surface area contributed by atoms with Gasteiger partial charge in [-0.05, 0) is 30.7 Å². The molecule has 1 aromatic carbocycles. The first-order valence-corrected chi connectivity index (χ1v) is 11.6. The number of anilines is 1. The van der Waals surface area contributed by atoms with E-state index >= 15 is 0 Å². The van der Waals surface area contributed by atoms with Crippen molar-refractivity contribution in [3.8, 4) is 5.69 Å². The van der Waals surface area contributed by atoms with E-state index in [0.29, 0.717) is 30.2 Å². The van der Waals surface area contributed by atoms with Gasteiger partial charge in [0.1, 0.15) is 12.1 Å². The van der Waals surface area contributed by atoms with Crippen molar-refractivity contribution in [2.45, 2.75) is 23.8 Å². The molecule has 1 atom stereocenters. The number of carbonyl (C=O) groups is 1. The van der Waals surface area contributed by atoms with E-state index in [0.717, 1.165) is 11.8 Å². The number of aromatic nitrogens is 4. The maximum atomic E-state index is 11.7. The first-order chi connectivity index (χ1) is 14.8. The van der Waals surface area contributed by atoms with E-state index in [1.807, 2.05) is 0 Å². The molecule has 1 aliphatic heterocycles. The summed E-state index contributed by atoms with van der Waals surface area (Å²) in [5.74, 6) is 0.302. The fraction of sp³-hybridized carbons (Fsp3) is 0.300. The molecule has 0 aliphatic carbocycles. The normalized spacial score (nSPS) is 17.0. The number of hydroxylamine groups is 2. The quantitative estimate of drug-likeness (QED) is 0.546. The zero-order valence-corrected chi connectivity index (χ0v) is 17.7. The Morgan fingerprint density at radius 3 is 2.81 bits per heavy atom. The Hall–Kier alpha value is -3.31. The van der Waals surface area contributed by atoms with E-state index in [2.05, 4.69) is 27.0 Å². The SMILES string of the molecule is C=CCC(=O)ON1CCC(Nc2ncnc3c2cnn3-c2ccc(S(C)(=O)=O)cc2)C1. The van der Waals surface area contributed by atoms with Gasteiger partial charge in [-0.15, -0.1) is 11.6 Å². The maximum absolute atomic E-state index is 11.7. The minimum absolute atomic E-state index is 0.0482. The van der Waals surface area contributed by atoms with Gasteiger partial charge in [0.2, 0.25) is 0 Å². The second-order valence-electron chi connectivity index (χ2n) is 7.26. The number of fused-ring (bicyclic) bond motifs is 1. The molecule has 0 saturated carbocycles. The van der Waals surface area contributed by atoms with Crippen LogP contribution in [-0.2, 0) is 19.5 Å². The third kappa shape index (κ3) is 4.57. The number of sulfone groups is 1. The fourth-order valence-electron chi connectivity index (χ4n) is 3.40. The Bertz CT molecular complexity index is 1220. The topological polar surface area (TPSA) is 119 Å². The van der Waals surface area contributed by atoms with Gasteiger partial charge in [0.05, 0.1) is 35.1 Å². The first kappa shape index (κ1) is 20.9. The van der Waals surface area contributed by atoms with Crippen LogP contribution in [0.5, 0.6) is 0 Å². The van der Waals surface area contributed by atoms with Crippen molar-refractivity contribution in [3.05, 3.63) is 49.4 Å². The smallest absolute Gasteiger partial charge is 0.328 e. The van der Waals surface area contributed by atoms with Gasteiger partial charge >= 0.3 is 5.97 Å². The number of hydrogen-bond donors (Lipinski definition) is 1. The molecule has 10 nitrogen and oxygen atoms in total. The summed E-state index contributed by atoms with van der Waals surface area (Å²) in [5.41, 5.74) is 1.28. The molecule has 0 spiro atoms. The van der Waals surface area contributed by atoms with Crippen molar-refractivity contribution in [3.63, 3.8) is 0 Å². The van der Waals surface area contributed by atoms with Crippen LogP contribution >= 0.6 is 0 Å². The van der Waals surface area contributed by atoms with E-state index in [-0.39, 0.29) is 23.3 Å². The zero-order chi connectivity index (χ0) is 22.0. The molecule has 1 saturated heterocycles. The summed E-state index contributed by atoms with van der Waals surface area (Å²) in [4.78, 5) is 25.9. The summed E-state index contributed by atoms with van der Waals surface area (Å²) in [7, 11) is -3.27. The number of nitrogens with one attached hydrogen (secondary N) is 1. The molecule has 162 valence electrons. The molecular weight excluding hydrogens is 420 g/mol. The third-order valence-electron chi connectivity index (χ3n) is 4.91. The van der Waals surface area contributed by atoms with Crippen LogP contribution in [0, 0.1) is 0 Å². The van der Waals surface area contributed by atoms with Crippen LogP contribution in [0.3, 0.4) is 0 Å². The summed E-state index contributed by atoms with van der Waals surface area (Å²) >= 11 is 0. The lowest BCUT2D eigenvalue weighted by Crippen LogP contribution is -2.28. The summed E-state index contributed by atoms with van der Waals surface area (Å²) in [6.45, 7) is 4.70. The predicted molar refractivity (Wildman–Crippen MR) is 114 cm³/mol. The molecule has 1 N–H and O–H groups in total. The Morgan fingerprint density at radius 1 is 1.32 bits per heavy atom. The molecular formula is C20H22N6O4S. The van der Waals surface area contributed by atoms with E-state index in [1.165, 1.54) is 18.7 Å². The van der Waals surface area contributed by atoms with E-state index in [4.69, 9.17) is 4.84 Å². The highest BCUT2D eigenvalue weighted by molar-refractivity contribution is 7.90. The van der Waals surface area contributed by atoms with Gasteiger partial charge in [-0.25, -0.2) is 23.1 Å².